The lowest BCUT2D eigenvalue weighted by atomic mass is 9.72. The van der Waals surface area contributed by atoms with E-state index in [1.54, 1.807) is 20.5 Å². The first-order valence-corrected chi connectivity index (χ1v) is 10.5. The number of carbonyl (C=O) groups is 1. The quantitative estimate of drug-likeness (QED) is 0.781. The molecule has 0 unspecified atom stereocenters. The molecule has 0 spiro atoms. The first-order chi connectivity index (χ1) is 14.5. The van der Waals surface area contributed by atoms with Gasteiger partial charge in [0.15, 0.2) is 11.5 Å². The number of carbonyl (C=O) groups excluding carboxylic acids is 1. The zero-order chi connectivity index (χ0) is 21.0. The van der Waals surface area contributed by atoms with Gasteiger partial charge in [-0.05, 0) is 31.4 Å². The number of H-pyrrole nitrogens is 1. The third kappa shape index (κ3) is 2.79. The average molecular weight is 412 g/mol. The third-order valence-electron chi connectivity index (χ3n) is 7.14. The maximum absolute atomic E-state index is 12.4. The first-order valence-electron chi connectivity index (χ1n) is 10.5. The topological polar surface area (TPSA) is 73.0 Å². The number of fused-ring (bicyclic) bond motifs is 6. The molecule has 30 heavy (non-hydrogen) atoms. The van der Waals surface area contributed by atoms with Crippen LogP contribution in [0.3, 0.4) is 0 Å². The predicted molar refractivity (Wildman–Crippen MR) is 112 cm³/mol. The van der Waals surface area contributed by atoms with Gasteiger partial charge in [0.2, 0.25) is 0 Å². The van der Waals surface area contributed by atoms with Crippen molar-refractivity contribution < 1.29 is 23.7 Å². The molecule has 4 atom stereocenters. The number of rotatable bonds is 3. The van der Waals surface area contributed by atoms with E-state index in [0.29, 0.717) is 5.57 Å². The minimum atomic E-state index is -0.285. The van der Waals surface area contributed by atoms with Gasteiger partial charge < -0.3 is 23.9 Å². The van der Waals surface area contributed by atoms with Gasteiger partial charge in [-0.3, -0.25) is 4.90 Å². The Hall–Kier alpha value is -2.67. The number of nitrogens with one attached hydrogen (secondary N) is 1. The summed E-state index contributed by atoms with van der Waals surface area (Å²) in [6.07, 6.45) is 3.56. The fraction of sp³-hybridized carbons (Fsp3) is 0.522. The van der Waals surface area contributed by atoms with Gasteiger partial charge in [0, 0.05) is 47.6 Å². The molecule has 160 valence electrons. The fourth-order valence-corrected chi connectivity index (χ4v) is 5.56. The molecule has 0 saturated carbocycles. The SMILES string of the molecule is COC(=O)C1=CO[C@@H](C)[C@H]2CN3CCc4c([nH]c5cc(OC)c(OC)cc45)[C@H]3C[C@H]12. The summed E-state index contributed by atoms with van der Waals surface area (Å²) in [6.45, 7) is 4.00. The molecule has 0 amide bonds. The van der Waals surface area contributed by atoms with Crippen LogP contribution in [0.1, 0.15) is 30.6 Å². The van der Waals surface area contributed by atoms with Crippen molar-refractivity contribution >= 4 is 16.9 Å². The van der Waals surface area contributed by atoms with Gasteiger partial charge in [0.1, 0.15) is 0 Å². The van der Waals surface area contributed by atoms with Crippen LogP contribution in [0.5, 0.6) is 11.5 Å². The Bertz CT molecular complexity index is 1030. The van der Waals surface area contributed by atoms with Gasteiger partial charge in [-0.1, -0.05) is 0 Å². The molecule has 1 aromatic carbocycles. The van der Waals surface area contributed by atoms with Crippen LogP contribution < -0.4 is 9.47 Å². The highest BCUT2D eigenvalue weighted by Gasteiger charge is 2.47. The first kappa shape index (κ1) is 19.3. The highest BCUT2D eigenvalue weighted by atomic mass is 16.5. The summed E-state index contributed by atoms with van der Waals surface area (Å²) in [5.41, 5.74) is 4.31. The molecule has 1 saturated heterocycles. The lowest BCUT2D eigenvalue weighted by molar-refractivity contribution is -0.139. The van der Waals surface area contributed by atoms with Crippen LogP contribution in [0.4, 0.5) is 0 Å². The van der Waals surface area contributed by atoms with Crippen molar-refractivity contribution in [2.45, 2.75) is 31.9 Å². The second-order valence-corrected chi connectivity index (χ2v) is 8.44. The maximum Gasteiger partial charge on any atom is 0.337 e. The van der Waals surface area contributed by atoms with Gasteiger partial charge >= 0.3 is 5.97 Å². The summed E-state index contributed by atoms with van der Waals surface area (Å²) < 4.78 is 21.9. The largest absolute Gasteiger partial charge is 0.497 e. The third-order valence-corrected chi connectivity index (χ3v) is 7.14. The number of ether oxygens (including phenoxy) is 4. The Morgan fingerprint density at radius 2 is 1.97 bits per heavy atom. The smallest absolute Gasteiger partial charge is 0.337 e. The van der Waals surface area contributed by atoms with Gasteiger partial charge in [-0.2, -0.15) is 0 Å². The molecule has 0 radical (unpaired) electrons. The van der Waals surface area contributed by atoms with E-state index in [4.69, 9.17) is 18.9 Å². The number of aromatic amines is 1. The molecule has 4 heterocycles. The van der Waals surface area contributed by atoms with Gasteiger partial charge in [-0.25, -0.2) is 4.79 Å². The summed E-state index contributed by atoms with van der Waals surface area (Å²) in [5.74, 6) is 1.59. The second-order valence-electron chi connectivity index (χ2n) is 8.44. The molecule has 1 N–H and O–H groups in total. The van der Waals surface area contributed by atoms with E-state index >= 15 is 0 Å². The lowest BCUT2D eigenvalue weighted by Gasteiger charge is -2.49. The number of aromatic nitrogens is 1. The molecule has 7 nitrogen and oxygen atoms in total. The van der Waals surface area contributed by atoms with Crippen LogP contribution >= 0.6 is 0 Å². The number of hydrogen-bond donors (Lipinski definition) is 1. The monoisotopic (exact) mass is 412 g/mol. The van der Waals surface area contributed by atoms with E-state index < -0.39 is 0 Å². The van der Waals surface area contributed by atoms with E-state index in [-0.39, 0.29) is 30.0 Å². The minimum absolute atomic E-state index is 0.0852. The standard InChI is InChI=1S/C23H28N2O5/c1-12-16-10-25-6-5-13-15-8-20(27-2)21(28-3)9-18(15)24-22(13)19(25)7-14(16)17(11-30-12)23(26)29-4/h8-9,11-12,14,16,19,24H,5-7,10H2,1-4H3/t12-,14-,16+,19+/m0/s1. The van der Waals surface area contributed by atoms with Crippen molar-refractivity contribution in [3.8, 4) is 11.5 Å². The fourth-order valence-electron chi connectivity index (χ4n) is 5.56. The second kappa shape index (κ2) is 7.23. The van der Waals surface area contributed by atoms with Crippen LogP contribution in [-0.4, -0.2) is 56.4 Å². The average Bonchev–Trinajstić information content (AvgIpc) is 3.14. The van der Waals surface area contributed by atoms with Crippen LogP contribution in [-0.2, 0) is 20.7 Å². The highest BCUT2D eigenvalue weighted by Crippen LogP contribution is 2.48. The van der Waals surface area contributed by atoms with Crippen molar-refractivity contribution in [1.29, 1.82) is 0 Å². The summed E-state index contributed by atoms with van der Waals surface area (Å²) in [4.78, 5) is 18.6. The van der Waals surface area contributed by atoms with Crippen molar-refractivity contribution in [3.63, 3.8) is 0 Å². The number of piperidine rings is 1. The summed E-state index contributed by atoms with van der Waals surface area (Å²) in [5, 5.41) is 1.19. The number of benzene rings is 1. The predicted octanol–water partition coefficient (Wildman–Crippen LogP) is 3.20. The molecular weight excluding hydrogens is 384 g/mol. The number of hydrogen-bond acceptors (Lipinski definition) is 6. The maximum atomic E-state index is 12.4. The molecule has 2 aromatic rings. The normalized spacial score (nSPS) is 27.9. The van der Waals surface area contributed by atoms with Gasteiger partial charge in [0.25, 0.3) is 0 Å². The molecule has 0 aliphatic carbocycles. The molecule has 1 aromatic heterocycles. The Labute approximate surface area is 175 Å². The van der Waals surface area contributed by atoms with Crippen LogP contribution in [0, 0.1) is 11.8 Å². The number of methoxy groups -OCH3 is 3. The van der Waals surface area contributed by atoms with E-state index in [1.807, 2.05) is 6.07 Å². The molecular formula is C23H28N2O5. The van der Waals surface area contributed by atoms with Crippen molar-refractivity contribution in [1.82, 2.24) is 9.88 Å². The van der Waals surface area contributed by atoms with Crippen molar-refractivity contribution in [2.75, 3.05) is 34.4 Å². The zero-order valence-electron chi connectivity index (χ0n) is 17.9. The van der Waals surface area contributed by atoms with Crippen LogP contribution in [0.15, 0.2) is 24.0 Å². The summed E-state index contributed by atoms with van der Waals surface area (Å²) in [6, 6.07) is 4.32. The van der Waals surface area contributed by atoms with Crippen LogP contribution in [0.25, 0.3) is 10.9 Å². The minimum Gasteiger partial charge on any atom is -0.497 e. The van der Waals surface area contributed by atoms with Gasteiger partial charge in [-0.15, -0.1) is 0 Å². The Morgan fingerprint density at radius 3 is 2.70 bits per heavy atom. The lowest BCUT2D eigenvalue weighted by Crippen LogP contribution is -2.51. The van der Waals surface area contributed by atoms with Gasteiger partial charge in [0.05, 0.1) is 45.3 Å². The Balaban J connectivity index is 1.56. The number of esters is 1. The Kier molecular flexibility index (Phi) is 4.65. The van der Waals surface area contributed by atoms with Crippen LogP contribution in [0.2, 0.25) is 0 Å². The summed E-state index contributed by atoms with van der Waals surface area (Å²) >= 11 is 0. The van der Waals surface area contributed by atoms with E-state index in [1.165, 1.54) is 23.8 Å². The highest BCUT2D eigenvalue weighted by molar-refractivity contribution is 5.89. The Morgan fingerprint density at radius 1 is 1.20 bits per heavy atom. The molecule has 7 heteroatoms. The van der Waals surface area contributed by atoms with E-state index in [9.17, 15) is 4.79 Å². The molecule has 1 fully saturated rings. The molecule has 0 bridgehead atoms. The molecule has 3 aliphatic heterocycles. The van der Waals surface area contributed by atoms with E-state index in [2.05, 4.69) is 22.9 Å². The molecule has 5 rings (SSSR count). The van der Waals surface area contributed by atoms with E-state index in [0.717, 1.165) is 42.9 Å². The van der Waals surface area contributed by atoms with Crippen molar-refractivity contribution in [2.24, 2.45) is 11.8 Å². The summed E-state index contributed by atoms with van der Waals surface area (Å²) in [7, 11) is 4.75. The zero-order valence-corrected chi connectivity index (χ0v) is 17.9. The van der Waals surface area contributed by atoms with Crippen molar-refractivity contribution in [3.05, 3.63) is 35.2 Å². The number of nitrogens with zero attached hydrogens (tertiary/aromatic N) is 1. The molecule has 3 aliphatic rings.